The molecule has 40 heavy (non-hydrogen) atoms. The predicted molar refractivity (Wildman–Crippen MR) is 173 cm³/mol. The van der Waals surface area contributed by atoms with Gasteiger partial charge in [0, 0.05) is 18.8 Å². The van der Waals surface area contributed by atoms with Gasteiger partial charge in [0.1, 0.15) is 15.8 Å². The third kappa shape index (κ3) is 8.19. The molecule has 2 fully saturated rings. The average Bonchev–Trinajstić information content (AvgIpc) is 3.20. The summed E-state index contributed by atoms with van der Waals surface area (Å²) in [5.41, 5.74) is 1.85. The molecule has 0 bridgehead atoms. The molecular formula is C32H46N4O2S2. The van der Waals surface area contributed by atoms with Gasteiger partial charge >= 0.3 is 0 Å². The molecule has 4 rings (SSSR count). The molecule has 6 nitrogen and oxygen atoms in total. The first-order valence-electron chi connectivity index (χ1n) is 15.4. The lowest BCUT2D eigenvalue weighted by Gasteiger charge is -2.27. The summed E-state index contributed by atoms with van der Waals surface area (Å²) in [4.78, 5) is 34.1. The number of hydrogen-bond acceptors (Lipinski definition) is 6. The minimum absolute atomic E-state index is 0.0999. The van der Waals surface area contributed by atoms with Gasteiger partial charge in [0.15, 0.2) is 0 Å². The zero-order valence-electron chi connectivity index (χ0n) is 24.5. The van der Waals surface area contributed by atoms with Crippen molar-refractivity contribution < 1.29 is 4.79 Å². The maximum absolute atomic E-state index is 13.7. The Morgan fingerprint density at radius 1 is 1.00 bits per heavy atom. The van der Waals surface area contributed by atoms with Gasteiger partial charge < -0.3 is 5.32 Å². The SMILES string of the molecule is CCCCCCCCCCCCN1C(=O)/C(=C\c2c(NC3CCC(C)CC3)nc3ccc(C)cn3c2=O)SC1=S. The first-order valence-corrected chi connectivity index (χ1v) is 16.6. The Kier molecular flexibility index (Phi) is 11.7. The smallest absolute Gasteiger partial charge is 0.267 e. The molecular weight excluding hydrogens is 537 g/mol. The fourth-order valence-electron chi connectivity index (χ4n) is 5.68. The van der Waals surface area contributed by atoms with Gasteiger partial charge in [-0.1, -0.05) is 102 Å². The van der Waals surface area contributed by atoms with Gasteiger partial charge in [0.25, 0.3) is 11.5 Å². The van der Waals surface area contributed by atoms with E-state index >= 15 is 0 Å². The number of anilines is 1. The zero-order valence-corrected chi connectivity index (χ0v) is 26.2. The Labute approximate surface area is 249 Å². The summed E-state index contributed by atoms with van der Waals surface area (Å²) in [7, 11) is 0. The number of pyridine rings is 1. The molecule has 1 aliphatic carbocycles. The molecule has 0 spiro atoms. The number of nitrogens with zero attached hydrogens (tertiary/aromatic N) is 3. The quantitative estimate of drug-likeness (QED) is 0.138. The molecule has 2 aliphatic rings. The number of nitrogens with one attached hydrogen (secondary N) is 1. The van der Waals surface area contributed by atoms with E-state index in [1.54, 1.807) is 15.4 Å². The molecule has 1 aliphatic heterocycles. The van der Waals surface area contributed by atoms with Crippen LogP contribution in [0.2, 0.25) is 0 Å². The maximum Gasteiger partial charge on any atom is 0.267 e. The molecule has 1 saturated carbocycles. The molecule has 2 aromatic heterocycles. The summed E-state index contributed by atoms with van der Waals surface area (Å²) >= 11 is 6.89. The van der Waals surface area contributed by atoms with Crippen LogP contribution >= 0.6 is 24.0 Å². The second kappa shape index (κ2) is 15.2. The topological polar surface area (TPSA) is 66.7 Å². The molecule has 2 aromatic rings. The highest BCUT2D eigenvalue weighted by Gasteiger charge is 2.32. The van der Waals surface area contributed by atoms with Crippen molar-refractivity contribution in [3.63, 3.8) is 0 Å². The van der Waals surface area contributed by atoms with E-state index in [4.69, 9.17) is 17.2 Å². The number of carbonyl (C=O) groups is 1. The minimum atomic E-state index is -0.166. The number of carbonyl (C=O) groups excluding carboxylic acids is 1. The Balaban J connectivity index is 1.43. The summed E-state index contributed by atoms with van der Waals surface area (Å²) < 4.78 is 2.16. The average molecular weight is 583 g/mol. The number of thioether (sulfide) groups is 1. The predicted octanol–water partition coefficient (Wildman–Crippen LogP) is 8.12. The Morgan fingerprint density at radius 3 is 2.33 bits per heavy atom. The van der Waals surface area contributed by atoms with E-state index in [-0.39, 0.29) is 17.5 Å². The summed E-state index contributed by atoms with van der Waals surface area (Å²) in [5.74, 6) is 1.19. The summed E-state index contributed by atoms with van der Waals surface area (Å²) in [6.07, 6.45) is 20.5. The highest BCUT2D eigenvalue weighted by molar-refractivity contribution is 8.26. The van der Waals surface area contributed by atoms with E-state index in [0.717, 1.165) is 50.0 Å². The zero-order chi connectivity index (χ0) is 28.5. The standard InChI is InChI=1S/C32H46N4O2S2/c1-4-5-6-7-8-9-10-11-12-13-20-35-31(38)27(40-32(35)39)21-26-29(33-25-17-14-23(2)15-18-25)34-28-19-16-24(3)22-36(28)30(26)37/h16,19,21-23,25,33H,4-15,17-18,20H2,1-3H3/b27-21+. The number of fused-ring (bicyclic) bond motifs is 1. The number of amides is 1. The number of rotatable bonds is 14. The molecule has 0 atom stereocenters. The minimum Gasteiger partial charge on any atom is -0.367 e. The van der Waals surface area contributed by atoms with Gasteiger partial charge in [-0.3, -0.25) is 18.9 Å². The van der Waals surface area contributed by atoms with E-state index in [2.05, 4.69) is 19.2 Å². The number of hydrogen-bond donors (Lipinski definition) is 1. The molecule has 1 N–H and O–H groups in total. The highest BCUT2D eigenvalue weighted by atomic mass is 32.2. The van der Waals surface area contributed by atoms with Crippen molar-refractivity contribution in [1.29, 1.82) is 0 Å². The van der Waals surface area contributed by atoms with Gasteiger partial charge in [-0.2, -0.15) is 0 Å². The molecule has 1 saturated heterocycles. The van der Waals surface area contributed by atoms with Crippen LogP contribution in [0.4, 0.5) is 5.82 Å². The third-order valence-corrected chi connectivity index (χ3v) is 9.62. The lowest BCUT2D eigenvalue weighted by Crippen LogP contribution is -2.30. The maximum atomic E-state index is 13.7. The van der Waals surface area contributed by atoms with Crippen molar-refractivity contribution in [2.75, 3.05) is 11.9 Å². The lowest BCUT2D eigenvalue weighted by atomic mass is 9.87. The number of unbranched alkanes of at least 4 members (excludes halogenated alkanes) is 9. The van der Waals surface area contributed by atoms with E-state index in [1.807, 2.05) is 25.3 Å². The fourth-order valence-corrected chi connectivity index (χ4v) is 6.97. The third-order valence-electron chi connectivity index (χ3n) is 8.25. The van der Waals surface area contributed by atoms with Gasteiger partial charge in [0.05, 0.1) is 10.5 Å². The summed E-state index contributed by atoms with van der Waals surface area (Å²) in [5, 5.41) is 3.57. The second-order valence-electron chi connectivity index (χ2n) is 11.7. The van der Waals surface area contributed by atoms with Gasteiger partial charge in [-0.05, 0) is 62.7 Å². The van der Waals surface area contributed by atoms with Crippen LogP contribution in [0.15, 0.2) is 28.0 Å². The van der Waals surface area contributed by atoms with Crippen molar-refractivity contribution in [1.82, 2.24) is 14.3 Å². The Morgan fingerprint density at radius 2 is 1.65 bits per heavy atom. The molecule has 0 aromatic carbocycles. The first-order chi connectivity index (χ1) is 19.4. The second-order valence-corrected chi connectivity index (χ2v) is 13.4. The van der Waals surface area contributed by atoms with E-state index in [1.165, 1.54) is 63.1 Å². The first kappa shape index (κ1) is 30.8. The van der Waals surface area contributed by atoms with Crippen LogP contribution in [0.5, 0.6) is 0 Å². The monoisotopic (exact) mass is 582 g/mol. The molecule has 218 valence electrons. The van der Waals surface area contributed by atoms with Crippen molar-refractivity contribution in [2.45, 2.75) is 117 Å². The van der Waals surface area contributed by atoms with Crippen molar-refractivity contribution in [3.05, 3.63) is 44.7 Å². The van der Waals surface area contributed by atoms with Crippen LogP contribution in [0.3, 0.4) is 0 Å². The Bertz CT molecular complexity index is 1260. The van der Waals surface area contributed by atoms with Gasteiger partial charge in [-0.25, -0.2) is 4.98 Å². The number of aryl methyl sites for hydroxylation is 1. The van der Waals surface area contributed by atoms with Crippen LogP contribution in [0.1, 0.15) is 115 Å². The van der Waals surface area contributed by atoms with E-state index in [0.29, 0.717) is 32.8 Å². The van der Waals surface area contributed by atoms with Crippen molar-refractivity contribution >= 4 is 51.7 Å². The molecule has 0 radical (unpaired) electrons. The summed E-state index contributed by atoms with van der Waals surface area (Å²) in [6, 6.07) is 4.11. The normalized spacial score (nSPS) is 20.7. The van der Waals surface area contributed by atoms with Gasteiger partial charge in [-0.15, -0.1) is 0 Å². The number of thiocarbonyl (C=S) groups is 1. The van der Waals surface area contributed by atoms with Crippen LogP contribution in [0.25, 0.3) is 11.7 Å². The lowest BCUT2D eigenvalue weighted by molar-refractivity contribution is -0.122. The Hall–Kier alpha value is -2.19. The van der Waals surface area contributed by atoms with Crippen molar-refractivity contribution in [2.24, 2.45) is 5.92 Å². The fraction of sp³-hybridized carbons (Fsp3) is 0.625. The van der Waals surface area contributed by atoms with Crippen LogP contribution in [0, 0.1) is 12.8 Å². The molecule has 3 heterocycles. The van der Waals surface area contributed by atoms with Gasteiger partial charge in [0.2, 0.25) is 0 Å². The summed E-state index contributed by atoms with van der Waals surface area (Å²) in [6.45, 7) is 7.14. The van der Waals surface area contributed by atoms with Crippen LogP contribution < -0.4 is 10.9 Å². The van der Waals surface area contributed by atoms with Crippen molar-refractivity contribution in [3.8, 4) is 0 Å². The number of aromatic nitrogens is 2. The molecule has 0 unspecified atom stereocenters. The van der Waals surface area contributed by atoms with Crippen LogP contribution in [-0.2, 0) is 4.79 Å². The molecule has 1 amide bonds. The molecule has 8 heteroatoms. The van der Waals surface area contributed by atoms with E-state index in [9.17, 15) is 9.59 Å². The van der Waals surface area contributed by atoms with E-state index < -0.39 is 0 Å². The largest absolute Gasteiger partial charge is 0.367 e. The van der Waals surface area contributed by atoms with Crippen LogP contribution in [-0.4, -0.2) is 37.1 Å². The highest BCUT2D eigenvalue weighted by Crippen LogP contribution is 2.34.